The number of methoxy groups -OCH3 is 1. The highest BCUT2D eigenvalue weighted by Crippen LogP contribution is 2.34. The summed E-state index contributed by atoms with van der Waals surface area (Å²) in [6.07, 6.45) is 1.65. The van der Waals surface area contributed by atoms with Gasteiger partial charge in [0.2, 0.25) is 0 Å². The second-order valence-corrected chi connectivity index (χ2v) is 5.99. The molecule has 27 heavy (non-hydrogen) atoms. The van der Waals surface area contributed by atoms with Gasteiger partial charge in [-0.2, -0.15) is 5.26 Å². The quantitative estimate of drug-likeness (QED) is 0.632. The minimum atomic E-state index is -0.440. The van der Waals surface area contributed by atoms with Crippen LogP contribution in [0.2, 0.25) is 0 Å². The molecule has 2 aromatic carbocycles. The number of para-hydroxylation sites is 1. The van der Waals surface area contributed by atoms with Gasteiger partial charge in [0.15, 0.2) is 0 Å². The van der Waals surface area contributed by atoms with Gasteiger partial charge in [-0.3, -0.25) is 0 Å². The molecule has 3 rings (SSSR count). The zero-order valence-electron chi connectivity index (χ0n) is 15.5. The lowest BCUT2D eigenvalue weighted by Gasteiger charge is -2.10. The number of aryl methyl sites for hydroxylation is 1. The van der Waals surface area contributed by atoms with Crippen molar-refractivity contribution in [1.82, 2.24) is 4.57 Å². The number of aromatic nitrogens is 1. The Morgan fingerprint density at radius 1 is 1.11 bits per heavy atom. The molecule has 0 unspecified atom stereocenters. The second-order valence-electron chi connectivity index (χ2n) is 5.99. The monoisotopic (exact) mass is 360 g/mol. The molecule has 0 N–H and O–H groups in total. The van der Waals surface area contributed by atoms with Crippen LogP contribution < -0.4 is 4.74 Å². The predicted octanol–water partition coefficient (Wildman–Crippen LogP) is 4.42. The predicted molar refractivity (Wildman–Crippen MR) is 104 cm³/mol. The maximum absolute atomic E-state index is 12.4. The molecule has 0 aliphatic carbocycles. The highest BCUT2D eigenvalue weighted by atomic mass is 16.5. The van der Waals surface area contributed by atoms with Gasteiger partial charge in [0, 0.05) is 24.4 Å². The van der Waals surface area contributed by atoms with Crippen molar-refractivity contribution in [3.8, 4) is 34.1 Å². The summed E-state index contributed by atoms with van der Waals surface area (Å²) in [5.74, 6) is 0.347. The number of hydrogen-bond acceptors (Lipinski definition) is 4. The molecule has 136 valence electrons. The molecule has 0 aliphatic heterocycles. The van der Waals surface area contributed by atoms with Crippen molar-refractivity contribution in [2.75, 3.05) is 13.7 Å². The lowest BCUT2D eigenvalue weighted by atomic mass is 9.98. The van der Waals surface area contributed by atoms with Crippen molar-refractivity contribution in [3.63, 3.8) is 0 Å². The standard InChI is InChI=1S/C22H20N2O3/c1-4-27-22(25)21-20(17(13-23)14-24(21)2)16-11-9-15(10-12-16)18-7-5-6-8-19(18)26-3/h5-12,14H,4H2,1-3H3. The zero-order chi connectivity index (χ0) is 19.4. The lowest BCUT2D eigenvalue weighted by Crippen LogP contribution is -2.10. The van der Waals surface area contributed by atoms with E-state index in [1.807, 2.05) is 48.5 Å². The largest absolute Gasteiger partial charge is 0.496 e. The van der Waals surface area contributed by atoms with Crippen molar-refractivity contribution in [3.05, 3.63) is 66.0 Å². The van der Waals surface area contributed by atoms with Crippen LogP contribution in [0.1, 0.15) is 23.0 Å². The number of nitrogens with zero attached hydrogens (tertiary/aromatic N) is 2. The number of nitriles is 1. The van der Waals surface area contributed by atoms with E-state index < -0.39 is 5.97 Å². The summed E-state index contributed by atoms with van der Waals surface area (Å²) in [6.45, 7) is 2.03. The van der Waals surface area contributed by atoms with Crippen LogP contribution >= 0.6 is 0 Å². The minimum Gasteiger partial charge on any atom is -0.496 e. The summed E-state index contributed by atoms with van der Waals surface area (Å²) in [5, 5.41) is 9.50. The number of rotatable bonds is 5. The average molecular weight is 360 g/mol. The van der Waals surface area contributed by atoms with Crippen LogP contribution in [0.15, 0.2) is 54.7 Å². The molecular formula is C22H20N2O3. The Morgan fingerprint density at radius 2 is 1.78 bits per heavy atom. The molecule has 1 heterocycles. The summed E-state index contributed by atoms with van der Waals surface area (Å²) >= 11 is 0. The van der Waals surface area contributed by atoms with Crippen molar-refractivity contribution in [2.45, 2.75) is 6.92 Å². The average Bonchev–Trinajstić information content (AvgIpc) is 3.04. The Kier molecular flexibility index (Phi) is 5.28. The highest BCUT2D eigenvalue weighted by molar-refractivity contribution is 5.98. The molecule has 0 bridgehead atoms. The Bertz CT molecular complexity index is 1010. The lowest BCUT2D eigenvalue weighted by molar-refractivity contribution is 0.0516. The molecule has 1 aromatic heterocycles. The van der Waals surface area contributed by atoms with Crippen LogP contribution in [0, 0.1) is 11.3 Å². The first-order valence-corrected chi connectivity index (χ1v) is 8.61. The molecule has 0 saturated carbocycles. The number of esters is 1. The van der Waals surface area contributed by atoms with Gasteiger partial charge >= 0.3 is 5.97 Å². The van der Waals surface area contributed by atoms with E-state index in [9.17, 15) is 10.1 Å². The summed E-state index contributed by atoms with van der Waals surface area (Å²) < 4.78 is 12.2. The highest BCUT2D eigenvalue weighted by Gasteiger charge is 2.22. The summed E-state index contributed by atoms with van der Waals surface area (Å²) in [4.78, 5) is 12.4. The van der Waals surface area contributed by atoms with Gasteiger partial charge in [-0.05, 0) is 24.1 Å². The van der Waals surface area contributed by atoms with E-state index in [0.29, 0.717) is 16.8 Å². The Hall–Kier alpha value is -3.52. The fourth-order valence-electron chi connectivity index (χ4n) is 3.15. The summed E-state index contributed by atoms with van der Waals surface area (Å²) in [6, 6.07) is 17.7. The SMILES string of the molecule is CCOC(=O)c1c(-c2ccc(-c3ccccc3OC)cc2)c(C#N)cn1C. The minimum absolute atomic E-state index is 0.276. The van der Waals surface area contributed by atoms with E-state index in [-0.39, 0.29) is 6.61 Å². The van der Waals surface area contributed by atoms with E-state index >= 15 is 0 Å². The van der Waals surface area contributed by atoms with E-state index in [4.69, 9.17) is 9.47 Å². The van der Waals surface area contributed by atoms with E-state index in [0.717, 1.165) is 22.4 Å². The fourth-order valence-corrected chi connectivity index (χ4v) is 3.15. The molecule has 0 spiro atoms. The molecule has 5 heteroatoms. The topological polar surface area (TPSA) is 64.2 Å². The molecule has 0 fully saturated rings. The third-order valence-corrected chi connectivity index (χ3v) is 4.36. The molecule has 0 saturated heterocycles. The summed E-state index contributed by atoms with van der Waals surface area (Å²) in [5.41, 5.74) is 4.15. The third kappa shape index (κ3) is 3.42. The first kappa shape index (κ1) is 18.3. The van der Waals surface area contributed by atoms with Crippen LogP contribution in [0.4, 0.5) is 0 Å². The van der Waals surface area contributed by atoms with E-state index in [2.05, 4.69) is 6.07 Å². The number of ether oxygens (including phenoxy) is 2. The second kappa shape index (κ2) is 7.79. The van der Waals surface area contributed by atoms with Gasteiger partial charge < -0.3 is 14.0 Å². The van der Waals surface area contributed by atoms with Crippen molar-refractivity contribution in [2.24, 2.45) is 7.05 Å². The molecule has 0 aliphatic rings. The van der Waals surface area contributed by atoms with Gasteiger partial charge in [0.25, 0.3) is 0 Å². The molecule has 0 atom stereocenters. The first-order valence-electron chi connectivity index (χ1n) is 8.61. The first-order chi connectivity index (χ1) is 13.1. The van der Waals surface area contributed by atoms with Crippen LogP contribution in [-0.2, 0) is 11.8 Å². The Morgan fingerprint density at radius 3 is 2.41 bits per heavy atom. The Balaban J connectivity index is 2.08. The van der Waals surface area contributed by atoms with Crippen LogP contribution in [0.25, 0.3) is 22.3 Å². The molecular weight excluding hydrogens is 340 g/mol. The molecule has 0 amide bonds. The smallest absolute Gasteiger partial charge is 0.355 e. The van der Waals surface area contributed by atoms with E-state index in [1.165, 1.54) is 0 Å². The van der Waals surface area contributed by atoms with Crippen molar-refractivity contribution < 1.29 is 14.3 Å². The molecule has 3 aromatic rings. The van der Waals surface area contributed by atoms with Crippen LogP contribution in [0.5, 0.6) is 5.75 Å². The summed E-state index contributed by atoms with van der Waals surface area (Å²) in [7, 11) is 3.38. The van der Waals surface area contributed by atoms with Gasteiger partial charge in [-0.1, -0.05) is 42.5 Å². The normalized spacial score (nSPS) is 10.3. The van der Waals surface area contributed by atoms with E-state index in [1.54, 1.807) is 31.8 Å². The molecule has 0 radical (unpaired) electrons. The number of hydrogen-bond donors (Lipinski definition) is 0. The molecule has 5 nitrogen and oxygen atoms in total. The zero-order valence-corrected chi connectivity index (χ0v) is 15.5. The van der Waals surface area contributed by atoms with Crippen molar-refractivity contribution in [1.29, 1.82) is 5.26 Å². The van der Waals surface area contributed by atoms with Gasteiger partial charge in [-0.15, -0.1) is 0 Å². The fraction of sp³-hybridized carbons (Fsp3) is 0.182. The maximum atomic E-state index is 12.4. The number of benzene rings is 2. The number of carbonyl (C=O) groups is 1. The number of carbonyl (C=O) groups excluding carboxylic acids is 1. The Labute approximate surface area is 158 Å². The third-order valence-electron chi connectivity index (χ3n) is 4.36. The van der Waals surface area contributed by atoms with Gasteiger partial charge in [0.05, 0.1) is 19.3 Å². The van der Waals surface area contributed by atoms with Crippen molar-refractivity contribution >= 4 is 5.97 Å². The van der Waals surface area contributed by atoms with Crippen LogP contribution in [-0.4, -0.2) is 24.3 Å². The maximum Gasteiger partial charge on any atom is 0.355 e. The van der Waals surface area contributed by atoms with Crippen LogP contribution in [0.3, 0.4) is 0 Å². The van der Waals surface area contributed by atoms with Gasteiger partial charge in [0.1, 0.15) is 17.5 Å². The van der Waals surface area contributed by atoms with Gasteiger partial charge in [-0.25, -0.2) is 4.79 Å².